The van der Waals surface area contributed by atoms with Crippen molar-refractivity contribution in [1.82, 2.24) is 9.55 Å². The number of imidazole rings is 1. The molecule has 0 amide bonds. The molecule has 1 N–H and O–H groups in total. The normalized spacial score (nSPS) is 21.1. The second-order valence-electron chi connectivity index (χ2n) is 4.70. The van der Waals surface area contributed by atoms with Crippen LogP contribution in [0.2, 0.25) is 0 Å². The van der Waals surface area contributed by atoms with Crippen LogP contribution in [0.1, 0.15) is 12.8 Å². The van der Waals surface area contributed by atoms with Gasteiger partial charge in [-0.25, -0.2) is 4.98 Å². The minimum atomic E-state index is -0.219. The first-order chi connectivity index (χ1) is 8.25. The quantitative estimate of drug-likeness (QED) is 0.809. The maximum Gasteiger partial charge on any atom is 0.206 e. The molecule has 1 aromatic carbocycles. The first-order valence-corrected chi connectivity index (χ1v) is 6.10. The highest BCUT2D eigenvalue weighted by molar-refractivity contribution is 5.78. The SMILES string of the molecule is Cn1c(N2CCCC(O)C2)nc2ccccc21. The van der Waals surface area contributed by atoms with E-state index >= 15 is 0 Å². The molecule has 1 saturated heterocycles. The molecule has 1 aliphatic heterocycles. The average molecular weight is 231 g/mol. The summed E-state index contributed by atoms with van der Waals surface area (Å²) < 4.78 is 2.10. The van der Waals surface area contributed by atoms with Gasteiger partial charge in [-0.2, -0.15) is 0 Å². The maximum absolute atomic E-state index is 9.73. The van der Waals surface area contributed by atoms with Crippen molar-refractivity contribution in [3.63, 3.8) is 0 Å². The van der Waals surface area contributed by atoms with Crippen molar-refractivity contribution >= 4 is 17.0 Å². The van der Waals surface area contributed by atoms with Crippen molar-refractivity contribution in [2.45, 2.75) is 18.9 Å². The minimum Gasteiger partial charge on any atom is -0.391 e. The molecule has 3 rings (SSSR count). The van der Waals surface area contributed by atoms with Gasteiger partial charge in [0.1, 0.15) is 0 Å². The summed E-state index contributed by atoms with van der Waals surface area (Å²) >= 11 is 0. The number of hydrogen-bond acceptors (Lipinski definition) is 3. The summed E-state index contributed by atoms with van der Waals surface area (Å²) in [6.07, 6.45) is 1.72. The monoisotopic (exact) mass is 231 g/mol. The fourth-order valence-corrected chi connectivity index (χ4v) is 2.55. The van der Waals surface area contributed by atoms with Crippen molar-refractivity contribution in [3.05, 3.63) is 24.3 Å². The van der Waals surface area contributed by atoms with E-state index in [4.69, 9.17) is 0 Å². The zero-order valence-corrected chi connectivity index (χ0v) is 10.0. The van der Waals surface area contributed by atoms with E-state index in [-0.39, 0.29) is 6.10 Å². The van der Waals surface area contributed by atoms with Crippen LogP contribution in [0.4, 0.5) is 5.95 Å². The van der Waals surface area contributed by atoms with Crippen LogP contribution >= 0.6 is 0 Å². The van der Waals surface area contributed by atoms with Gasteiger partial charge in [0.2, 0.25) is 5.95 Å². The molecule has 0 bridgehead atoms. The standard InChI is InChI=1S/C13H17N3O/c1-15-12-7-3-2-6-11(12)14-13(15)16-8-4-5-10(17)9-16/h2-3,6-7,10,17H,4-5,8-9H2,1H3. The Hall–Kier alpha value is -1.55. The Balaban J connectivity index is 2.02. The molecule has 2 heterocycles. The van der Waals surface area contributed by atoms with Crippen LogP contribution in [0, 0.1) is 0 Å². The van der Waals surface area contributed by atoms with Gasteiger partial charge in [-0.3, -0.25) is 0 Å². The molecule has 1 atom stereocenters. The number of para-hydroxylation sites is 2. The van der Waals surface area contributed by atoms with E-state index in [2.05, 4.69) is 20.5 Å². The molecule has 1 aliphatic rings. The number of piperidine rings is 1. The zero-order chi connectivity index (χ0) is 11.8. The Morgan fingerprint density at radius 2 is 2.18 bits per heavy atom. The lowest BCUT2D eigenvalue weighted by atomic mass is 10.1. The number of nitrogens with zero attached hydrogens (tertiary/aromatic N) is 3. The molecule has 1 fully saturated rings. The third kappa shape index (κ3) is 1.78. The molecule has 4 heteroatoms. The Labute approximate surface area is 100 Å². The number of hydrogen-bond donors (Lipinski definition) is 1. The Morgan fingerprint density at radius 3 is 2.94 bits per heavy atom. The average Bonchev–Trinajstić information content (AvgIpc) is 2.68. The molecule has 0 aliphatic carbocycles. The van der Waals surface area contributed by atoms with Gasteiger partial charge >= 0.3 is 0 Å². The summed E-state index contributed by atoms with van der Waals surface area (Å²) in [5, 5.41) is 9.73. The van der Waals surface area contributed by atoms with Crippen molar-refractivity contribution < 1.29 is 5.11 Å². The molecule has 4 nitrogen and oxygen atoms in total. The highest BCUT2D eigenvalue weighted by atomic mass is 16.3. The summed E-state index contributed by atoms with van der Waals surface area (Å²) in [7, 11) is 2.03. The first kappa shape index (κ1) is 10.6. The predicted molar refractivity (Wildman–Crippen MR) is 68.2 cm³/mol. The van der Waals surface area contributed by atoms with Crippen LogP contribution in [-0.4, -0.2) is 33.9 Å². The first-order valence-electron chi connectivity index (χ1n) is 6.10. The third-order valence-corrected chi connectivity index (χ3v) is 3.44. The van der Waals surface area contributed by atoms with Crippen molar-refractivity contribution in [2.75, 3.05) is 18.0 Å². The summed E-state index contributed by atoms with van der Waals surface area (Å²) in [6.45, 7) is 1.67. The van der Waals surface area contributed by atoms with Crippen molar-refractivity contribution in [2.24, 2.45) is 7.05 Å². The maximum atomic E-state index is 9.73. The number of anilines is 1. The van der Waals surface area contributed by atoms with Gasteiger partial charge in [-0.1, -0.05) is 12.1 Å². The van der Waals surface area contributed by atoms with E-state index in [0.717, 1.165) is 36.4 Å². The lowest BCUT2D eigenvalue weighted by Crippen LogP contribution is -2.39. The number of aryl methyl sites for hydroxylation is 1. The summed E-state index contributed by atoms with van der Waals surface area (Å²) in [5.41, 5.74) is 2.16. The van der Waals surface area contributed by atoms with E-state index in [1.54, 1.807) is 0 Å². The van der Waals surface area contributed by atoms with Crippen molar-refractivity contribution in [1.29, 1.82) is 0 Å². The topological polar surface area (TPSA) is 41.3 Å². The summed E-state index contributed by atoms with van der Waals surface area (Å²) in [4.78, 5) is 6.82. The number of aliphatic hydroxyl groups excluding tert-OH is 1. The van der Waals surface area contributed by atoms with Gasteiger partial charge in [0.05, 0.1) is 17.1 Å². The molecule has 1 unspecified atom stereocenters. The van der Waals surface area contributed by atoms with Crippen LogP contribution < -0.4 is 4.90 Å². The van der Waals surface area contributed by atoms with Crippen LogP contribution in [0.5, 0.6) is 0 Å². The second-order valence-corrected chi connectivity index (χ2v) is 4.70. The van der Waals surface area contributed by atoms with Crippen LogP contribution in [0.15, 0.2) is 24.3 Å². The molecule has 0 radical (unpaired) electrons. The van der Waals surface area contributed by atoms with Crippen LogP contribution in [0.3, 0.4) is 0 Å². The van der Waals surface area contributed by atoms with Crippen LogP contribution in [-0.2, 0) is 7.05 Å². The number of aliphatic hydroxyl groups is 1. The molecule has 17 heavy (non-hydrogen) atoms. The predicted octanol–water partition coefficient (Wildman–Crippen LogP) is 1.53. The molecule has 90 valence electrons. The zero-order valence-electron chi connectivity index (χ0n) is 10.0. The number of rotatable bonds is 1. The Kier molecular flexibility index (Phi) is 2.52. The fourth-order valence-electron chi connectivity index (χ4n) is 2.55. The molecule has 0 saturated carbocycles. The molecular weight excluding hydrogens is 214 g/mol. The molecular formula is C13H17N3O. The Morgan fingerprint density at radius 1 is 1.35 bits per heavy atom. The Bertz CT molecular complexity index is 534. The van der Waals surface area contributed by atoms with Gasteiger partial charge in [0.25, 0.3) is 0 Å². The van der Waals surface area contributed by atoms with E-state index in [0.29, 0.717) is 6.54 Å². The van der Waals surface area contributed by atoms with E-state index < -0.39 is 0 Å². The van der Waals surface area contributed by atoms with E-state index in [9.17, 15) is 5.11 Å². The smallest absolute Gasteiger partial charge is 0.206 e. The largest absolute Gasteiger partial charge is 0.391 e. The van der Waals surface area contributed by atoms with Gasteiger partial charge < -0.3 is 14.6 Å². The third-order valence-electron chi connectivity index (χ3n) is 3.44. The summed E-state index contributed by atoms with van der Waals surface area (Å²) in [5.74, 6) is 0.963. The number of β-amino-alcohol motifs (C(OH)–C–C–N with tert-alkyl or cyclic N) is 1. The number of aromatic nitrogens is 2. The lowest BCUT2D eigenvalue weighted by molar-refractivity contribution is 0.153. The number of fused-ring (bicyclic) bond motifs is 1. The van der Waals surface area contributed by atoms with Gasteiger partial charge in [0.15, 0.2) is 0 Å². The van der Waals surface area contributed by atoms with Gasteiger partial charge in [-0.15, -0.1) is 0 Å². The van der Waals surface area contributed by atoms with E-state index in [1.165, 1.54) is 0 Å². The lowest BCUT2D eigenvalue weighted by Gasteiger charge is -2.30. The van der Waals surface area contributed by atoms with Gasteiger partial charge in [0, 0.05) is 20.1 Å². The van der Waals surface area contributed by atoms with Crippen LogP contribution in [0.25, 0.3) is 11.0 Å². The van der Waals surface area contributed by atoms with Crippen molar-refractivity contribution in [3.8, 4) is 0 Å². The van der Waals surface area contributed by atoms with Gasteiger partial charge in [-0.05, 0) is 25.0 Å². The molecule has 2 aromatic rings. The number of benzene rings is 1. The highest BCUT2D eigenvalue weighted by Crippen LogP contribution is 2.23. The van der Waals surface area contributed by atoms with E-state index in [1.807, 2.05) is 25.2 Å². The second kappa shape index (κ2) is 4.04. The summed E-state index contributed by atoms with van der Waals surface area (Å²) in [6, 6.07) is 8.13. The molecule has 0 spiro atoms. The highest BCUT2D eigenvalue weighted by Gasteiger charge is 2.21. The molecule has 1 aromatic heterocycles. The fraction of sp³-hybridized carbons (Fsp3) is 0.462. The minimum absolute atomic E-state index is 0.219.